The van der Waals surface area contributed by atoms with Crippen molar-refractivity contribution in [2.75, 3.05) is 50.0 Å². The number of morpholine rings is 1. The molecule has 1 aliphatic heterocycles. The van der Waals surface area contributed by atoms with E-state index >= 15 is 0 Å². The number of hydrogen-bond acceptors (Lipinski definition) is 6. The van der Waals surface area contributed by atoms with E-state index in [1.165, 1.54) is 11.1 Å². The molecule has 2 N–H and O–H groups in total. The van der Waals surface area contributed by atoms with Crippen molar-refractivity contribution < 1.29 is 4.74 Å². The van der Waals surface area contributed by atoms with Gasteiger partial charge < -0.3 is 15.4 Å². The maximum absolute atomic E-state index is 5.38. The van der Waals surface area contributed by atoms with Crippen molar-refractivity contribution in [1.29, 1.82) is 0 Å². The van der Waals surface area contributed by atoms with E-state index in [-0.39, 0.29) is 0 Å². The highest BCUT2D eigenvalue weighted by molar-refractivity contribution is 5.63. The van der Waals surface area contributed by atoms with Crippen LogP contribution in [-0.4, -0.2) is 54.3 Å². The Balaban J connectivity index is 1.62. The largest absolute Gasteiger partial charge is 0.379 e. The number of nitrogens with zero attached hydrogens (tertiary/aromatic N) is 3. The van der Waals surface area contributed by atoms with E-state index < -0.39 is 0 Å². The molecule has 0 unspecified atom stereocenters. The zero-order chi connectivity index (χ0) is 17.6. The highest BCUT2D eigenvalue weighted by Gasteiger charge is 2.10. The van der Waals surface area contributed by atoms with Crippen LogP contribution in [0.3, 0.4) is 0 Å². The Hall–Kier alpha value is -2.18. The lowest BCUT2D eigenvalue weighted by atomic mass is 10.1. The molecule has 1 fully saturated rings. The van der Waals surface area contributed by atoms with E-state index in [0.29, 0.717) is 0 Å². The molecule has 2 aromatic rings. The van der Waals surface area contributed by atoms with Crippen LogP contribution >= 0.6 is 0 Å². The summed E-state index contributed by atoms with van der Waals surface area (Å²) < 4.78 is 5.38. The third-order valence-corrected chi connectivity index (χ3v) is 4.54. The Bertz CT molecular complexity index is 713. The minimum atomic E-state index is 0.754. The molecule has 3 rings (SSSR count). The van der Waals surface area contributed by atoms with E-state index in [9.17, 15) is 0 Å². The zero-order valence-electron chi connectivity index (χ0n) is 15.3. The molecular weight excluding hydrogens is 314 g/mol. The summed E-state index contributed by atoms with van der Waals surface area (Å²) in [4.78, 5) is 11.4. The number of hydrogen-bond donors (Lipinski definition) is 2. The van der Waals surface area contributed by atoms with E-state index in [0.717, 1.165) is 62.5 Å². The third-order valence-electron chi connectivity index (χ3n) is 4.54. The maximum Gasteiger partial charge on any atom is 0.136 e. The van der Waals surface area contributed by atoms with Crippen molar-refractivity contribution in [1.82, 2.24) is 14.9 Å². The minimum Gasteiger partial charge on any atom is -0.379 e. The van der Waals surface area contributed by atoms with Crippen molar-refractivity contribution in [3.63, 3.8) is 0 Å². The molecule has 6 nitrogen and oxygen atoms in total. The Morgan fingerprint density at radius 2 is 1.84 bits per heavy atom. The average molecular weight is 341 g/mol. The molecule has 6 heteroatoms. The first-order valence-electron chi connectivity index (χ1n) is 8.85. The predicted octanol–water partition coefficient (Wildman–Crippen LogP) is 2.89. The van der Waals surface area contributed by atoms with Crippen LogP contribution in [0.5, 0.6) is 0 Å². The summed E-state index contributed by atoms with van der Waals surface area (Å²) in [7, 11) is 0. The standard InChI is InChI=1S/C19H27N5O/c1-14-5-4-6-17(15(14)2)23-19-13-18(21-16(3)22-19)20-7-8-24-9-11-25-12-10-24/h4-6,13H,7-12H2,1-3H3,(H2,20,21,22,23). The zero-order valence-corrected chi connectivity index (χ0v) is 15.3. The number of anilines is 3. The molecule has 25 heavy (non-hydrogen) atoms. The van der Waals surface area contributed by atoms with Crippen molar-refractivity contribution in [3.8, 4) is 0 Å². The van der Waals surface area contributed by atoms with Gasteiger partial charge in [0.2, 0.25) is 0 Å². The number of aryl methyl sites for hydroxylation is 2. The maximum atomic E-state index is 5.38. The summed E-state index contributed by atoms with van der Waals surface area (Å²) >= 11 is 0. The normalized spacial score (nSPS) is 15.2. The lowest BCUT2D eigenvalue weighted by molar-refractivity contribution is 0.0398. The number of rotatable bonds is 6. The molecule has 1 saturated heterocycles. The molecule has 0 aliphatic carbocycles. The SMILES string of the molecule is Cc1nc(NCCN2CCOCC2)cc(Nc2cccc(C)c2C)n1. The summed E-state index contributed by atoms with van der Waals surface area (Å²) in [5.74, 6) is 2.42. The molecule has 1 aromatic carbocycles. The fraction of sp³-hybridized carbons (Fsp3) is 0.474. The number of ether oxygens (including phenoxy) is 1. The molecule has 0 bridgehead atoms. The second-order valence-electron chi connectivity index (χ2n) is 6.44. The molecule has 134 valence electrons. The summed E-state index contributed by atoms with van der Waals surface area (Å²) in [5.41, 5.74) is 3.58. The predicted molar refractivity (Wildman–Crippen MR) is 102 cm³/mol. The fourth-order valence-electron chi connectivity index (χ4n) is 2.91. The van der Waals surface area contributed by atoms with Crippen LogP contribution < -0.4 is 10.6 Å². The number of aromatic nitrogens is 2. The van der Waals surface area contributed by atoms with Gasteiger partial charge in [-0.15, -0.1) is 0 Å². The fourth-order valence-corrected chi connectivity index (χ4v) is 2.91. The van der Waals surface area contributed by atoms with Gasteiger partial charge in [0.05, 0.1) is 13.2 Å². The lowest BCUT2D eigenvalue weighted by Gasteiger charge is -2.26. The van der Waals surface area contributed by atoms with Crippen LogP contribution in [0, 0.1) is 20.8 Å². The van der Waals surface area contributed by atoms with Crippen LogP contribution in [-0.2, 0) is 4.74 Å². The minimum absolute atomic E-state index is 0.754. The third kappa shape index (κ3) is 4.90. The highest BCUT2D eigenvalue weighted by Crippen LogP contribution is 2.22. The van der Waals surface area contributed by atoms with Crippen LogP contribution in [0.2, 0.25) is 0 Å². The van der Waals surface area contributed by atoms with Crippen molar-refractivity contribution in [2.24, 2.45) is 0 Å². The van der Waals surface area contributed by atoms with E-state index in [1.807, 2.05) is 13.0 Å². The molecule has 1 aromatic heterocycles. The number of nitrogens with one attached hydrogen (secondary N) is 2. The average Bonchev–Trinajstić information content (AvgIpc) is 2.59. The quantitative estimate of drug-likeness (QED) is 0.842. The van der Waals surface area contributed by atoms with Crippen LogP contribution in [0.4, 0.5) is 17.3 Å². The molecule has 1 aliphatic rings. The number of benzene rings is 1. The topological polar surface area (TPSA) is 62.3 Å². The van der Waals surface area contributed by atoms with Gasteiger partial charge in [0, 0.05) is 37.9 Å². The summed E-state index contributed by atoms with van der Waals surface area (Å²) in [6.45, 7) is 11.7. The van der Waals surface area contributed by atoms with Crippen molar-refractivity contribution in [2.45, 2.75) is 20.8 Å². The van der Waals surface area contributed by atoms with Crippen molar-refractivity contribution >= 4 is 17.3 Å². The van der Waals surface area contributed by atoms with Gasteiger partial charge in [0.25, 0.3) is 0 Å². The Morgan fingerprint density at radius 1 is 1.08 bits per heavy atom. The smallest absolute Gasteiger partial charge is 0.136 e. The van der Waals surface area contributed by atoms with Crippen LogP contribution in [0.15, 0.2) is 24.3 Å². The monoisotopic (exact) mass is 341 g/mol. The highest BCUT2D eigenvalue weighted by atomic mass is 16.5. The van der Waals surface area contributed by atoms with Gasteiger partial charge in [0.15, 0.2) is 0 Å². The van der Waals surface area contributed by atoms with Gasteiger partial charge in [-0.25, -0.2) is 9.97 Å². The molecular formula is C19H27N5O. The van der Waals surface area contributed by atoms with E-state index in [2.05, 4.69) is 57.5 Å². The van der Waals surface area contributed by atoms with Gasteiger partial charge in [-0.05, 0) is 38.0 Å². The van der Waals surface area contributed by atoms with E-state index in [1.54, 1.807) is 0 Å². The van der Waals surface area contributed by atoms with Gasteiger partial charge >= 0.3 is 0 Å². The second kappa shape index (κ2) is 8.27. The molecule has 0 spiro atoms. The molecule has 0 radical (unpaired) electrons. The molecule has 0 atom stereocenters. The van der Waals surface area contributed by atoms with Gasteiger partial charge in [-0.3, -0.25) is 4.90 Å². The lowest BCUT2D eigenvalue weighted by Crippen LogP contribution is -2.39. The Kier molecular flexibility index (Phi) is 5.83. The Labute approximate surface area is 149 Å². The first-order valence-corrected chi connectivity index (χ1v) is 8.85. The van der Waals surface area contributed by atoms with E-state index in [4.69, 9.17) is 4.74 Å². The van der Waals surface area contributed by atoms with Crippen LogP contribution in [0.1, 0.15) is 17.0 Å². The van der Waals surface area contributed by atoms with Gasteiger partial charge in [0.1, 0.15) is 17.5 Å². The summed E-state index contributed by atoms with van der Waals surface area (Å²) in [6.07, 6.45) is 0. The first-order chi connectivity index (χ1) is 12.1. The van der Waals surface area contributed by atoms with Gasteiger partial charge in [-0.2, -0.15) is 0 Å². The molecule has 0 saturated carbocycles. The first kappa shape index (κ1) is 17.6. The van der Waals surface area contributed by atoms with Gasteiger partial charge in [-0.1, -0.05) is 12.1 Å². The van der Waals surface area contributed by atoms with Crippen molar-refractivity contribution in [3.05, 3.63) is 41.2 Å². The second-order valence-corrected chi connectivity index (χ2v) is 6.44. The molecule has 0 amide bonds. The summed E-state index contributed by atoms with van der Waals surface area (Å²) in [6, 6.07) is 8.21. The summed E-state index contributed by atoms with van der Waals surface area (Å²) in [5, 5.41) is 6.83. The molecule has 2 heterocycles. The Morgan fingerprint density at radius 3 is 2.64 bits per heavy atom. The van der Waals surface area contributed by atoms with Crippen LogP contribution in [0.25, 0.3) is 0 Å².